The predicted octanol–water partition coefficient (Wildman–Crippen LogP) is 3.66. The third kappa shape index (κ3) is 5.61. The van der Waals surface area contributed by atoms with Crippen LogP contribution in [0.2, 0.25) is 0 Å². The van der Waals surface area contributed by atoms with Crippen LogP contribution in [-0.2, 0) is 11.3 Å². The summed E-state index contributed by atoms with van der Waals surface area (Å²) < 4.78 is 45.8. The molecule has 174 valence electrons. The highest BCUT2D eigenvalue weighted by atomic mass is 19.4. The molecule has 1 saturated heterocycles. The minimum absolute atomic E-state index is 0.172. The van der Waals surface area contributed by atoms with E-state index in [-0.39, 0.29) is 18.3 Å². The van der Waals surface area contributed by atoms with Crippen LogP contribution in [-0.4, -0.2) is 65.8 Å². The number of ether oxygens (including phenoxy) is 2. The molecule has 0 unspecified atom stereocenters. The maximum atomic E-state index is 13.0. The first kappa shape index (κ1) is 23.6. The van der Waals surface area contributed by atoms with Gasteiger partial charge in [0, 0.05) is 38.4 Å². The van der Waals surface area contributed by atoms with Crippen molar-refractivity contribution in [3.05, 3.63) is 52.3 Å². The molecule has 1 aliphatic rings. The Labute approximate surface area is 184 Å². The van der Waals surface area contributed by atoms with Crippen molar-refractivity contribution in [3.8, 4) is 5.75 Å². The first-order valence-corrected chi connectivity index (χ1v) is 10.3. The Morgan fingerprint density at radius 3 is 2.25 bits per heavy atom. The Hall–Kier alpha value is -3.01. The topological polar surface area (TPSA) is 74.9 Å². The lowest BCUT2D eigenvalue weighted by atomic mass is 10.1. The van der Waals surface area contributed by atoms with E-state index in [9.17, 15) is 22.8 Å². The van der Waals surface area contributed by atoms with Gasteiger partial charge in [-0.25, -0.2) is 4.79 Å². The van der Waals surface area contributed by atoms with E-state index in [2.05, 4.69) is 14.6 Å². The number of rotatable bonds is 6. The summed E-state index contributed by atoms with van der Waals surface area (Å²) in [5.41, 5.74) is 2.82. The summed E-state index contributed by atoms with van der Waals surface area (Å²) in [5, 5.41) is 0. The molecule has 1 aromatic carbocycles. The van der Waals surface area contributed by atoms with Crippen molar-refractivity contribution < 1.29 is 32.2 Å². The van der Waals surface area contributed by atoms with Crippen LogP contribution in [0.25, 0.3) is 0 Å². The maximum Gasteiger partial charge on any atom is 0.573 e. The number of nitrogens with one attached hydrogen (secondary N) is 1. The summed E-state index contributed by atoms with van der Waals surface area (Å²) in [5.74, 6) is -0.876. The van der Waals surface area contributed by atoms with Crippen molar-refractivity contribution >= 4 is 11.9 Å². The third-order valence-corrected chi connectivity index (χ3v) is 5.35. The van der Waals surface area contributed by atoms with Gasteiger partial charge in [-0.1, -0.05) is 12.1 Å². The van der Waals surface area contributed by atoms with Crippen molar-refractivity contribution in [2.75, 3.05) is 32.8 Å². The van der Waals surface area contributed by atoms with Gasteiger partial charge >= 0.3 is 12.3 Å². The van der Waals surface area contributed by atoms with Crippen LogP contribution < -0.4 is 4.74 Å². The fourth-order valence-electron chi connectivity index (χ4n) is 3.80. The van der Waals surface area contributed by atoms with Gasteiger partial charge in [-0.2, -0.15) is 0 Å². The lowest BCUT2D eigenvalue weighted by molar-refractivity contribution is -0.274. The second kappa shape index (κ2) is 9.64. The molecule has 0 spiro atoms. The number of amides is 1. The van der Waals surface area contributed by atoms with Gasteiger partial charge in [0.05, 0.1) is 12.2 Å². The number of piperazine rings is 1. The zero-order chi connectivity index (χ0) is 23.5. The van der Waals surface area contributed by atoms with E-state index in [1.54, 1.807) is 37.8 Å². The Morgan fingerprint density at radius 2 is 1.69 bits per heavy atom. The number of esters is 1. The minimum atomic E-state index is -4.71. The summed E-state index contributed by atoms with van der Waals surface area (Å²) >= 11 is 0. The SMILES string of the molecule is CCOC(=O)c1c(C)[nH]c(C(=O)N2CCN(Cc3ccc(OC(F)(F)F)cc3)CC2)c1C. The molecular formula is C22H26F3N3O4. The van der Waals surface area contributed by atoms with Crippen LogP contribution in [0.5, 0.6) is 5.75 Å². The predicted molar refractivity (Wildman–Crippen MR) is 111 cm³/mol. The number of hydrogen-bond acceptors (Lipinski definition) is 5. The van der Waals surface area contributed by atoms with Gasteiger partial charge < -0.3 is 19.4 Å². The van der Waals surface area contributed by atoms with Crippen LogP contribution >= 0.6 is 0 Å². The Balaban J connectivity index is 1.57. The van der Waals surface area contributed by atoms with Crippen LogP contribution in [0.3, 0.4) is 0 Å². The molecule has 1 fully saturated rings. The fraction of sp³-hybridized carbons (Fsp3) is 0.455. The molecule has 0 aliphatic carbocycles. The second-order valence-corrected chi connectivity index (χ2v) is 7.61. The van der Waals surface area contributed by atoms with Gasteiger partial charge in [0.2, 0.25) is 0 Å². The Kier molecular flexibility index (Phi) is 7.12. The zero-order valence-electron chi connectivity index (χ0n) is 18.2. The number of aryl methyl sites for hydroxylation is 1. The maximum absolute atomic E-state index is 13.0. The molecule has 1 N–H and O–H groups in total. The minimum Gasteiger partial charge on any atom is -0.462 e. The number of H-pyrrole nitrogens is 1. The second-order valence-electron chi connectivity index (χ2n) is 7.61. The molecule has 7 nitrogen and oxygen atoms in total. The van der Waals surface area contributed by atoms with Gasteiger partial charge in [-0.3, -0.25) is 9.69 Å². The molecule has 0 saturated carbocycles. The molecular weight excluding hydrogens is 427 g/mol. The van der Waals surface area contributed by atoms with E-state index in [1.165, 1.54) is 12.1 Å². The van der Waals surface area contributed by atoms with Crippen molar-refractivity contribution in [3.63, 3.8) is 0 Å². The van der Waals surface area contributed by atoms with Crippen molar-refractivity contribution in [2.24, 2.45) is 0 Å². The number of carbonyl (C=O) groups is 2. The lowest BCUT2D eigenvalue weighted by Crippen LogP contribution is -2.48. The summed E-state index contributed by atoms with van der Waals surface area (Å²) in [6, 6.07) is 5.78. The summed E-state index contributed by atoms with van der Waals surface area (Å²) in [7, 11) is 0. The molecule has 0 radical (unpaired) electrons. The van der Waals surface area contributed by atoms with Crippen molar-refractivity contribution in [2.45, 2.75) is 33.7 Å². The molecule has 1 aliphatic heterocycles. The van der Waals surface area contributed by atoms with Crippen molar-refractivity contribution in [1.82, 2.24) is 14.8 Å². The monoisotopic (exact) mass is 453 g/mol. The van der Waals surface area contributed by atoms with E-state index in [0.717, 1.165) is 5.56 Å². The van der Waals surface area contributed by atoms with Crippen LogP contribution in [0.15, 0.2) is 24.3 Å². The summed E-state index contributed by atoms with van der Waals surface area (Å²) in [4.78, 5) is 32.0. The number of carbonyl (C=O) groups excluding carboxylic acids is 2. The molecule has 2 aromatic rings. The number of alkyl halides is 3. The van der Waals surface area contributed by atoms with Gasteiger partial charge in [0.1, 0.15) is 11.4 Å². The van der Waals surface area contributed by atoms with Crippen LogP contribution in [0.4, 0.5) is 13.2 Å². The Morgan fingerprint density at radius 1 is 1.06 bits per heavy atom. The molecule has 1 amide bonds. The van der Waals surface area contributed by atoms with Gasteiger partial charge in [-0.15, -0.1) is 13.2 Å². The molecule has 32 heavy (non-hydrogen) atoms. The number of benzene rings is 1. The number of nitrogens with zero attached hydrogens (tertiary/aromatic N) is 2. The van der Waals surface area contributed by atoms with Gasteiger partial charge in [0.25, 0.3) is 5.91 Å². The van der Waals surface area contributed by atoms with Crippen LogP contribution in [0.1, 0.15) is 44.6 Å². The average molecular weight is 453 g/mol. The lowest BCUT2D eigenvalue weighted by Gasteiger charge is -2.34. The molecule has 2 heterocycles. The van der Waals surface area contributed by atoms with Gasteiger partial charge in [-0.05, 0) is 44.0 Å². The first-order valence-electron chi connectivity index (χ1n) is 10.3. The summed E-state index contributed by atoms with van der Waals surface area (Å²) in [6.45, 7) is 8.25. The van der Waals surface area contributed by atoms with E-state index < -0.39 is 12.3 Å². The van der Waals surface area contributed by atoms with E-state index >= 15 is 0 Å². The number of aromatic amines is 1. The van der Waals surface area contributed by atoms with E-state index in [1.807, 2.05) is 0 Å². The molecule has 1 aromatic heterocycles. The zero-order valence-corrected chi connectivity index (χ0v) is 18.2. The molecule has 10 heteroatoms. The number of halogens is 3. The highest BCUT2D eigenvalue weighted by Gasteiger charge is 2.31. The quantitative estimate of drug-likeness (QED) is 0.676. The van der Waals surface area contributed by atoms with E-state index in [0.29, 0.717) is 55.2 Å². The molecule has 0 bridgehead atoms. The standard InChI is InChI=1S/C22H26F3N3O4/c1-4-31-21(30)18-14(2)19(26-15(18)3)20(29)28-11-9-27(10-12-28)13-16-5-7-17(8-6-16)32-22(23,24)25/h5-8,26H,4,9-13H2,1-3H3. The average Bonchev–Trinajstić information content (AvgIpc) is 3.02. The summed E-state index contributed by atoms with van der Waals surface area (Å²) in [6.07, 6.45) is -4.71. The van der Waals surface area contributed by atoms with Gasteiger partial charge in [0.15, 0.2) is 0 Å². The fourth-order valence-corrected chi connectivity index (χ4v) is 3.80. The smallest absolute Gasteiger partial charge is 0.462 e. The highest BCUT2D eigenvalue weighted by molar-refractivity contribution is 6.00. The van der Waals surface area contributed by atoms with E-state index in [4.69, 9.17) is 4.74 Å². The molecule has 0 atom stereocenters. The van der Waals surface area contributed by atoms with Crippen molar-refractivity contribution in [1.29, 1.82) is 0 Å². The van der Waals surface area contributed by atoms with Crippen LogP contribution in [0, 0.1) is 13.8 Å². The largest absolute Gasteiger partial charge is 0.573 e. The highest BCUT2D eigenvalue weighted by Crippen LogP contribution is 2.24. The normalized spacial score (nSPS) is 15.0. The first-order chi connectivity index (χ1) is 15.1. The Bertz CT molecular complexity index is 962. The molecule has 3 rings (SSSR count). The number of aromatic nitrogens is 1. The number of hydrogen-bond donors (Lipinski definition) is 1. The third-order valence-electron chi connectivity index (χ3n) is 5.35.